The summed E-state index contributed by atoms with van der Waals surface area (Å²) >= 11 is 0. The molecule has 1 aliphatic rings. The first-order valence-corrected chi connectivity index (χ1v) is 8.01. The Hall–Kier alpha value is -2.00. The molecule has 2 N–H and O–H groups in total. The molecule has 3 heteroatoms. The Morgan fingerprint density at radius 3 is 2.23 bits per heavy atom. The quantitative estimate of drug-likeness (QED) is 0.883. The molecular formula is C19H25N3. The van der Waals surface area contributed by atoms with E-state index in [1.165, 1.54) is 22.4 Å². The third-order valence-electron chi connectivity index (χ3n) is 4.60. The largest absolute Gasteiger partial charge is 0.397 e. The van der Waals surface area contributed by atoms with Crippen molar-refractivity contribution in [3.05, 3.63) is 59.2 Å². The van der Waals surface area contributed by atoms with Crippen LogP contribution in [0.25, 0.3) is 0 Å². The molecule has 3 nitrogen and oxygen atoms in total. The molecule has 0 bridgehead atoms. The lowest BCUT2D eigenvalue weighted by molar-refractivity contribution is 0.250. The van der Waals surface area contributed by atoms with Crippen LogP contribution in [0, 0.1) is 13.8 Å². The molecule has 3 rings (SSSR count). The number of aryl methyl sites for hydroxylation is 2. The zero-order valence-corrected chi connectivity index (χ0v) is 13.5. The summed E-state index contributed by atoms with van der Waals surface area (Å²) in [5.74, 6) is 0. The van der Waals surface area contributed by atoms with Crippen LogP contribution >= 0.6 is 0 Å². The van der Waals surface area contributed by atoms with Crippen molar-refractivity contribution in [1.29, 1.82) is 0 Å². The minimum Gasteiger partial charge on any atom is -0.397 e. The van der Waals surface area contributed by atoms with Crippen molar-refractivity contribution in [1.82, 2.24) is 4.90 Å². The van der Waals surface area contributed by atoms with Crippen molar-refractivity contribution in [2.45, 2.75) is 20.4 Å². The van der Waals surface area contributed by atoms with Gasteiger partial charge in [-0.1, -0.05) is 30.3 Å². The highest BCUT2D eigenvalue weighted by Crippen LogP contribution is 2.28. The minimum atomic E-state index is 0.902. The average Bonchev–Trinajstić information content (AvgIpc) is 2.53. The van der Waals surface area contributed by atoms with Crippen LogP contribution in [0.3, 0.4) is 0 Å². The van der Waals surface area contributed by atoms with Gasteiger partial charge in [0.15, 0.2) is 0 Å². The molecule has 0 unspecified atom stereocenters. The predicted molar refractivity (Wildman–Crippen MR) is 94.3 cm³/mol. The molecule has 22 heavy (non-hydrogen) atoms. The van der Waals surface area contributed by atoms with Gasteiger partial charge in [0.25, 0.3) is 0 Å². The van der Waals surface area contributed by atoms with E-state index in [1.54, 1.807) is 0 Å². The van der Waals surface area contributed by atoms with Crippen LogP contribution < -0.4 is 10.6 Å². The fraction of sp³-hybridized carbons (Fsp3) is 0.368. The minimum absolute atomic E-state index is 0.902. The van der Waals surface area contributed by atoms with E-state index in [0.29, 0.717) is 0 Å². The third-order valence-corrected chi connectivity index (χ3v) is 4.60. The first kappa shape index (κ1) is 14.9. The van der Waals surface area contributed by atoms with Crippen LogP contribution in [-0.2, 0) is 6.54 Å². The van der Waals surface area contributed by atoms with Crippen LogP contribution in [0.4, 0.5) is 11.4 Å². The van der Waals surface area contributed by atoms with Crippen molar-refractivity contribution in [2.24, 2.45) is 0 Å². The zero-order valence-electron chi connectivity index (χ0n) is 13.5. The number of hydrogen-bond acceptors (Lipinski definition) is 3. The van der Waals surface area contributed by atoms with Gasteiger partial charge in [-0.15, -0.1) is 0 Å². The van der Waals surface area contributed by atoms with Crippen LogP contribution in [0.1, 0.15) is 16.7 Å². The Morgan fingerprint density at radius 2 is 1.55 bits per heavy atom. The lowest BCUT2D eigenvalue weighted by Crippen LogP contribution is -2.46. The standard InChI is InChI=1S/C19H25N3/c1-15-12-18(20)19(13-16(15)2)22-10-8-21(9-11-22)14-17-6-4-3-5-7-17/h3-7,12-13H,8-11,14,20H2,1-2H3. The zero-order chi connectivity index (χ0) is 15.5. The van der Waals surface area contributed by atoms with E-state index >= 15 is 0 Å². The predicted octanol–water partition coefficient (Wildman–Crippen LogP) is 3.21. The molecule has 2 aromatic carbocycles. The van der Waals surface area contributed by atoms with Crippen LogP contribution in [0.15, 0.2) is 42.5 Å². The van der Waals surface area contributed by atoms with Crippen LogP contribution in [0.2, 0.25) is 0 Å². The van der Waals surface area contributed by atoms with Gasteiger partial charge in [0, 0.05) is 32.7 Å². The van der Waals surface area contributed by atoms with Gasteiger partial charge in [-0.3, -0.25) is 4.90 Å². The van der Waals surface area contributed by atoms with Gasteiger partial charge in [0.05, 0.1) is 11.4 Å². The number of piperazine rings is 1. The number of benzene rings is 2. The highest BCUT2D eigenvalue weighted by molar-refractivity contribution is 5.70. The molecule has 2 aromatic rings. The second-order valence-electron chi connectivity index (χ2n) is 6.24. The Balaban J connectivity index is 1.63. The molecule has 0 saturated carbocycles. The van der Waals surface area contributed by atoms with Crippen molar-refractivity contribution >= 4 is 11.4 Å². The van der Waals surface area contributed by atoms with Crippen molar-refractivity contribution in [2.75, 3.05) is 36.8 Å². The normalized spacial score (nSPS) is 16.0. The lowest BCUT2D eigenvalue weighted by Gasteiger charge is -2.37. The van der Waals surface area contributed by atoms with E-state index in [2.05, 4.69) is 66.1 Å². The Labute approximate surface area is 133 Å². The number of anilines is 2. The number of nitrogens with two attached hydrogens (primary N) is 1. The van der Waals surface area contributed by atoms with Crippen molar-refractivity contribution < 1.29 is 0 Å². The highest BCUT2D eigenvalue weighted by Gasteiger charge is 2.19. The molecule has 116 valence electrons. The number of hydrogen-bond donors (Lipinski definition) is 1. The van der Waals surface area contributed by atoms with Gasteiger partial charge >= 0.3 is 0 Å². The smallest absolute Gasteiger partial charge is 0.0603 e. The maximum Gasteiger partial charge on any atom is 0.0603 e. The summed E-state index contributed by atoms with van der Waals surface area (Å²) in [7, 11) is 0. The first-order valence-electron chi connectivity index (χ1n) is 8.01. The van der Waals surface area contributed by atoms with E-state index in [1.807, 2.05) is 0 Å². The van der Waals surface area contributed by atoms with E-state index in [-0.39, 0.29) is 0 Å². The maximum absolute atomic E-state index is 6.22. The van der Waals surface area contributed by atoms with E-state index in [0.717, 1.165) is 38.4 Å². The highest BCUT2D eigenvalue weighted by atomic mass is 15.3. The maximum atomic E-state index is 6.22. The first-order chi connectivity index (χ1) is 10.6. The monoisotopic (exact) mass is 295 g/mol. The Morgan fingerprint density at radius 1 is 0.909 bits per heavy atom. The van der Waals surface area contributed by atoms with E-state index in [4.69, 9.17) is 5.73 Å². The van der Waals surface area contributed by atoms with Gasteiger partial charge < -0.3 is 10.6 Å². The molecule has 0 radical (unpaired) electrons. The molecule has 1 fully saturated rings. The van der Waals surface area contributed by atoms with Gasteiger partial charge in [-0.05, 0) is 42.7 Å². The van der Waals surface area contributed by atoms with E-state index in [9.17, 15) is 0 Å². The SMILES string of the molecule is Cc1cc(N)c(N2CCN(Cc3ccccc3)CC2)cc1C. The summed E-state index contributed by atoms with van der Waals surface area (Å²) in [6.45, 7) is 9.57. The fourth-order valence-electron chi connectivity index (χ4n) is 3.09. The molecule has 0 spiro atoms. The van der Waals surface area contributed by atoms with Crippen LogP contribution in [-0.4, -0.2) is 31.1 Å². The summed E-state index contributed by atoms with van der Waals surface area (Å²) in [6.07, 6.45) is 0. The Kier molecular flexibility index (Phi) is 4.34. The second-order valence-corrected chi connectivity index (χ2v) is 6.24. The van der Waals surface area contributed by atoms with E-state index < -0.39 is 0 Å². The molecule has 1 heterocycles. The lowest BCUT2D eigenvalue weighted by atomic mass is 10.1. The van der Waals surface area contributed by atoms with Gasteiger partial charge in [-0.25, -0.2) is 0 Å². The number of nitrogen functional groups attached to an aromatic ring is 1. The number of rotatable bonds is 3. The molecule has 0 aromatic heterocycles. The fourth-order valence-corrected chi connectivity index (χ4v) is 3.09. The average molecular weight is 295 g/mol. The molecule has 0 amide bonds. The molecule has 0 atom stereocenters. The van der Waals surface area contributed by atoms with Crippen LogP contribution in [0.5, 0.6) is 0 Å². The Bertz CT molecular complexity index is 629. The third kappa shape index (κ3) is 3.25. The van der Waals surface area contributed by atoms with Gasteiger partial charge in [0.2, 0.25) is 0 Å². The molecule has 1 aliphatic heterocycles. The molecule has 1 saturated heterocycles. The number of nitrogens with zero attached hydrogens (tertiary/aromatic N) is 2. The van der Waals surface area contributed by atoms with Crippen molar-refractivity contribution in [3.8, 4) is 0 Å². The van der Waals surface area contributed by atoms with Crippen molar-refractivity contribution in [3.63, 3.8) is 0 Å². The summed E-state index contributed by atoms with van der Waals surface area (Å²) < 4.78 is 0. The summed E-state index contributed by atoms with van der Waals surface area (Å²) in [5, 5.41) is 0. The van der Waals surface area contributed by atoms with Gasteiger partial charge in [0.1, 0.15) is 0 Å². The summed E-state index contributed by atoms with van der Waals surface area (Å²) in [6, 6.07) is 15.0. The molecule has 0 aliphatic carbocycles. The topological polar surface area (TPSA) is 32.5 Å². The second kappa shape index (κ2) is 6.41. The summed E-state index contributed by atoms with van der Waals surface area (Å²) in [5.41, 5.74) is 12.3. The summed E-state index contributed by atoms with van der Waals surface area (Å²) in [4.78, 5) is 4.94. The van der Waals surface area contributed by atoms with Gasteiger partial charge in [-0.2, -0.15) is 0 Å². The molecular weight excluding hydrogens is 270 g/mol.